The van der Waals surface area contributed by atoms with E-state index in [1.807, 2.05) is 6.07 Å². The lowest BCUT2D eigenvalue weighted by Crippen LogP contribution is -2.45. The van der Waals surface area contributed by atoms with Crippen molar-refractivity contribution in [1.29, 1.82) is 0 Å². The van der Waals surface area contributed by atoms with Gasteiger partial charge in [-0.1, -0.05) is 55.1 Å². The minimum absolute atomic E-state index is 0.224. The van der Waals surface area contributed by atoms with Gasteiger partial charge in [-0.15, -0.1) is 0 Å². The van der Waals surface area contributed by atoms with Crippen molar-refractivity contribution in [3.05, 3.63) is 89.0 Å². The number of imidazole rings is 1. The number of allylic oxidation sites excluding steroid dienone is 2. The van der Waals surface area contributed by atoms with Gasteiger partial charge in [-0.25, -0.2) is 15.0 Å². The van der Waals surface area contributed by atoms with Crippen LogP contribution in [-0.2, 0) is 6.54 Å². The molecular weight excluding hydrogens is 498 g/mol. The van der Waals surface area contributed by atoms with Gasteiger partial charge in [0, 0.05) is 50.2 Å². The van der Waals surface area contributed by atoms with Crippen LogP contribution in [0.1, 0.15) is 25.3 Å². The maximum Gasteiger partial charge on any atom is 0.182 e. The number of rotatable bonds is 8. The molecule has 1 atom stereocenters. The first-order valence-electron chi connectivity index (χ1n) is 14.2. The molecule has 0 saturated carbocycles. The highest BCUT2D eigenvalue weighted by molar-refractivity contribution is 5.83. The summed E-state index contributed by atoms with van der Waals surface area (Å²) in [5, 5.41) is 2.02. The number of aromatic amines is 1. The molecule has 40 heavy (non-hydrogen) atoms. The van der Waals surface area contributed by atoms with E-state index in [1.165, 1.54) is 11.3 Å². The van der Waals surface area contributed by atoms with Crippen LogP contribution in [0.5, 0.6) is 5.75 Å². The van der Waals surface area contributed by atoms with E-state index >= 15 is 0 Å². The van der Waals surface area contributed by atoms with Crippen molar-refractivity contribution in [1.82, 2.24) is 29.7 Å². The molecule has 1 unspecified atom stereocenters. The molecule has 0 bridgehead atoms. The van der Waals surface area contributed by atoms with Crippen LogP contribution in [-0.4, -0.2) is 75.1 Å². The van der Waals surface area contributed by atoms with E-state index in [9.17, 15) is 0 Å². The third-order valence-electron chi connectivity index (χ3n) is 8.01. The second kappa shape index (κ2) is 11.9. The Balaban J connectivity index is 1.15. The van der Waals surface area contributed by atoms with E-state index in [0.717, 1.165) is 79.6 Å². The zero-order valence-corrected chi connectivity index (χ0v) is 23.2. The molecule has 4 aromatic rings. The number of fused-ring (bicyclic) bond motifs is 1. The van der Waals surface area contributed by atoms with Crippen LogP contribution in [0.2, 0.25) is 0 Å². The minimum Gasteiger partial charge on any atom is -0.491 e. The van der Waals surface area contributed by atoms with Gasteiger partial charge in [-0.2, -0.15) is 0 Å². The average molecular weight is 536 g/mol. The van der Waals surface area contributed by atoms with Gasteiger partial charge in [0.25, 0.3) is 0 Å². The zero-order valence-electron chi connectivity index (χ0n) is 23.2. The van der Waals surface area contributed by atoms with Crippen LogP contribution in [0.25, 0.3) is 23.8 Å². The van der Waals surface area contributed by atoms with Crippen molar-refractivity contribution in [2.45, 2.75) is 32.4 Å². The molecule has 2 aliphatic heterocycles. The predicted octanol–water partition coefficient (Wildman–Crippen LogP) is 3.31. The quantitative estimate of drug-likeness (QED) is 0.371. The molecule has 8 nitrogen and oxygen atoms in total. The van der Waals surface area contributed by atoms with E-state index in [4.69, 9.17) is 4.74 Å². The second-order valence-corrected chi connectivity index (χ2v) is 10.5. The molecular formula is C32H37N7O. The summed E-state index contributed by atoms with van der Waals surface area (Å²) in [6.07, 6.45) is 9.86. The highest BCUT2D eigenvalue weighted by Gasteiger charge is 2.28. The number of anilines is 1. The Morgan fingerprint density at radius 1 is 1.02 bits per heavy atom. The number of aromatic nitrogens is 4. The fourth-order valence-corrected chi connectivity index (χ4v) is 5.83. The number of hydrogen-bond acceptors (Lipinski definition) is 7. The Morgan fingerprint density at radius 2 is 1.88 bits per heavy atom. The molecule has 0 amide bonds. The Hall–Kier alpha value is -4.17. The SMILES string of the molecule is C=c1cccc(OCC2CCCN2c2ncnc3nc[nH]c23)c1=CC(=CC)N1CCN(Cc2ccccc2)CC1. The molecule has 206 valence electrons. The molecule has 1 N–H and O–H groups in total. The van der Waals surface area contributed by atoms with Crippen LogP contribution in [0.3, 0.4) is 0 Å². The van der Waals surface area contributed by atoms with Crippen LogP contribution < -0.4 is 20.1 Å². The van der Waals surface area contributed by atoms with Gasteiger partial charge >= 0.3 is 0 Å². The third-order valence-corrected chi connectivity index (χ3v) is 8.01. The highest BCUT2D eigenvalue weighted by atomic mass is 16.5. The number of nitrogens with one attached hydrogen (secondary N) is 1. The predicted molar refractivity (Wildman–Crippen MR) is 160 cm³/mol. The van der Waals surface area contributed by atoms with Gasteiger partial charge in [0.05, 0.1) is 12.4 Å². The van der Waals surface area contributed by atoms with Crippen LogP contribution >= 0.6 is 0 Å². The third kappa shape index (κ3) is 5.58. The molecule has 2 saturated heterocycles. The molecule has 2 aliphatic rings. The van der Waals surface area contributed by atoms with Gasteiger partial charge in [-0.05, 0) is 42.7 Å². The fraction of sp³-hybridized carbons (Fsp3) is 0.344. The number of H-pyrrole nitrogens is 1. The summed E-state index contributed by atoms with van der Waals surface area (Å²) in [4.78, 5) is 23.7. The molecule has 2 aromatic carbocycles. The molecule has 4 heterocycles. The van der Waals surface area contributed by atoms with E-state index in [-0.39, 0.29) is 6.04 Å². The number of ether oxygens (including phenoxy) is 1. The monoisotopic (exact) mass is 535 g/mol. The van der Waals surface area contributed by atoms with Crippen molar-refractivity contribution in [3.63, 3.8) is 0 Å². The molecule has 0 spiro atoms. The van der Waals surface area contributed by atoms with E-state index in [1.54, 1.807) is 12.7 Å². The normalized spacial score (nSPS) is 19.1. The van der Waals surface area contributed by atoms with Crippen LogP contribution in [0.4, 0.5) is 5.82 Å². The van der Waals surface area contributed by atoms with E-state index < -0.39 is 0 Å². The van der Waals surface area contributed by atoms with Gasteiger partial charge in [0.2, 0.25) is 0 Å². The zero-order chi connectivity index (χ0) is 27.3. The maximum atomic E-state index is 6.53. The lowest BCUT2D eigenvalue weighted by atomic mass is 10.1. The Bertz CT molecular complexity index is 1570. The Labute approximate surface area is 235 Å². The molecule has 2 aromatic heterocycles. The van der Waals surface area contributed by atoms with Crippen LogP contribution in [0, 0.1) is 0 Å². The van der Waals surface area contributed by atoms with Crippen molar-refractivity contribution >= 4 is 29.6 Å². The topological polar surface area (TPSA) is 73.4 Å². The lowest BCUT2D eigenvalue weighted by molar-refractivity contribution is 0.157. The van der Waals surface area contributed by atoms with Crippen molar-refractivity contribution < 1.29 is 4.74 Å². The second-order valence-electron chi connectivity index (χ2n) is 10.5. The van der Waals surface area contributed by atoms with Crippen molar-refractivity contribution in [2.24, 2.45) is 0 Å². The summed E-state index contributed by atoms with van der Waals surface area (Å²) >= 11 is 0. The van der Waals surface area contributed by atoms with Crippen molar-refractivity contribution in [3.8, 4) is 5.75 Å². The maximum absolute atomic E-state index is 6.53. The summed E-state index contributed by atoms with van der Waals surface area (Å²) in [6, 6.07) is 17.1. The molecule has 0 radical (unpaired) electrons. The Morgan fingerprint density at radius 3 is 2.70 bits per heavy atom. The van der Waals surface area contributed by atoms with Crippen molar-refractivity contribution in [2.75, 3.05) is 44.2 Å². The number of hydrogen-bond donors (Lipinski definition) is 1. The molecule has 2 fully saturated rings. The molecule has 6 rings (SSSR count). The van der Waals surface area contributed by atoms with Gasteiger partial charge < -0.3 is 19.5 Å². The Kier molecular flexibility index (Phi) is 7.77. The van der Waals surface area contributed by atoms with Gasteiger partial charge in [-0.3, -0.25) is 4.90 Å². The molecule has 8 heteroatoms. The first-order valence-corrected chi connectivity index (χ1v) is 14.2. The first kappa shape index (κ1) is 26.1. The highest BCUT2D eigenvalue weighted by Crippen LogP contribution is 2.28. The number of piperazine rings is 1. The lowest BCUT2D eigenvalue weighted by Gasteiger charge is -2.36. The number of benzene rings is 2. The van der Waals surface area contributed by atoms with E-state index in [2.05, 4.69) is 103 Å². The summed E-state index contributed by atoms with van der Waals surface area (Å²) in [7, 11) is 0. The summed E-state index contributed by atoms with van der Waals surface area (Å²) in [5.74, 6) is 1.77. The summed E-state index contributed by atoms with van der Waals surface area (Å²) in [6.45, 7) is 13.0. The van der Waals surface area contributed by atoms with Gasteiger partial charge in [0.15, 0.2) is 11.5 Å². The minimum atomic E-state index is 0.224. The molecule has 0 aliphatic carbocycles. The average Bonchev–Trinajstić information content (AvgIpc) is 3.66. The van der Waals surface area contributed by atoms with Crippen LogP contribution in [0.15, 0.2) is 73.0 Å². The number of nitrogens with zero attached hydrogens (tertiary/aromatic N) is 6. The largest absolute Gasteiger partial charge is 0.491 e. The first-order chi connectivity index (χ1) is 19.7. The fourth-order valence-electron chi connectivity index (χ4n) is 5.83. The summed E-state index contributed by atoms with van der Waals surface area (Å²) < 4.78 is 6.53. The summed E-state index contributed by atoms with van der Waals surface area (Å²) in [5.41, 5.74) is 4.16. The standard InChI is InChI=1S/C32H37N7O/c1-3-26(38-17-15-37(16-18-38)20-25-10-5-4-6-11-25)19-28-24(2)9-7-13-29(28)40-21-27-12-8-14-39(27)32-30-31(34-22-33-30)35-23-36-32/h3-7,9-11,13,19,22-23,27H,2,8,12,14-18,20-21H2,1H3,(H,33,34,35,36). The smallest absolute Gasteiger partial charge is 0.182 e. The van der Waals surface area contributed by atoms with E-state index in [0.29, 0.717) is 12.3 Å². The van der Waals surface area contributed by atoms with Gasteiger partial charge in [0.1, 0.15) is 24.2 Å².